The van der Waals surface area contributed by atoms with E-state index in [0.717, 1.165) is 25.9 Å². The molecule has 2 rings (SSSR count). The number of carbonyl (C=O) groups excluding carboxylic acids is 1. The number of hydrogen-bond acceptors (Lipinski definition) is 4. The van der Waals surface area contributed by atoms with Gasteiger partial charge in [-0.1, -0.05) is 0 Å². The van der Waals surface area contributed by atoms with Crippen LogP contribution >= 0.6 is 0 Å². The van der Waals surface area contributed by atoms with Crippen LogP contribution in [0.15, 0.2) is 24.5 Å². The highest BCUT2D eigenvalue weighted by Gasteiger charge is 2.17. The largest absolute Gasteiger partial charge is 0.465 e. The van der Waals surface area contributed by atoms with Crippen LogP contribution in [-0.2, 0) is 14.3 Å². The van der Waals surface area contributed by atoms with Crippen LogP contribution in [0.5, 0.6) is 0 Å². The second-order valence-corrected chi connectivity index (χ2v) is 3.91. The van der Waals surface area contributed by atoms with Gasteiger partial charge in [0.1, 0.15) is 18.8 Å². The molecule has 0 saturated carbocycles. The first-order valence-electron chi connectivity index (χ1n) is 5.52. The van der Waals surface area contributed by atoms with Crippen molar-refractivity contribution in [2.75, 3.05) is 19.6 Å². The molecule has 0 aliphatic carbocycles. The summed E-state index contributed by atoms with van der Waals surface area (Å²) in [5.74, 6) is 0.546. The third-order valence-corrected chi connectivity index (χ3v) is 2.74. The average Bonchev–Trinajstić information content (AvgIpc) is 2.38. The molecule has 2 aliphatic rings. The molecule has 5 nitrogen and oxygen atoms in total. The number of nitrogens with one attached hydrogen (secondary N) is 2. The van der Waals surface area contributed by atoms with Crippen LogP contribution in [0.25, 0.3) is 0 Å². The van der Waals surface area contributed by atoms with Crippen LogP contribution in [0.1, 0.15) is 12.8 Å². The van der Waals surface area contributed by atoms with E-state index in [1.54, 1.807) is 0 Å². The van der Waals surface area contributed by atoms with Crippen LogP contribution in [0.3, 0.4) is 0 Å². The quantitative estimate of drug-likeness (QED) is 0.731. The van der Waals surface area contributed by atoms with E-state index in [1.807, 2.05) is 0 Å². The molecular formula is C11H16N2O3. The van der Waals surface area contributed by atoms with Gasteiger partial charge in [-0.25, -0.2) is 0 Å². The van der Waals surface area contributed by atoms with Crippen molar-refractivity contribution in [3.63, 3.8) is 0 Å². The van der Waals surface area contributed by atoms with Crippen LogP contribution in [0, 0.1) is 5.92 Å². The van der Waals surface area contributed by atoms with E-state index in [0.29, 0.717) is 12.5 Å². The highest BCUT2D eigenvalue weighted by Crippen LogP contribution is 2.11. The molecule has 0 aromatic carbocycles. The van der Waals surface area contributed by atoms with Gasteiger partial charge in [0.15, 0.2) is 0 Å². The molecule has 0 atom stereocenters. The van der Waals surface area contributed by atoms with Crippen molar-refractivity contribution < 1.29 is 14.3 Å². The van der Waals surface area contributed by atoms with Crippen molar-refractivity contribution in [2.45, 2.75) is 12.8 Å². The Morgan fingerprint density at radius 3 is 2.94 bits per heavy atom. The number of carbonyl (C=O) groups is 1. The minimum absolute atomic E-state index is 0.205. The maximum Gasteiger partial charge on any atom is 0.290 e. The molecular weight excluding hydrogens is 208 g/mol. The first kappa shape index (κ1) is 11.0. The van der Waals surface area contributed by atoms with Gasteiger partial charge in [-0.3, -0.25) is 4.79 Å². The maximum atomic E-state index is 11.6. The molecule has 0 aromatic rings. The molecule has 2 aliphatic heterocycles. The number of piperidine rings is 1. The predicted octanol–water partition coefficient (Wildman–Crippen LogP) is 0.462. The molecule has 2 N–H and O–H groups in total. The zero-order valence-electron chi connectivity index (χ0n) is 9.07. The van der Waals surface area contributed by atoms with E-state index in [4.69, 9.17) is 9.47 Å². The highest BCUT2D eigenvalue weighted by molar-refractivity contribution is 5.91. The number of hydrogen-bond donors (Lipinski definition) is 2. The molecule has 16 heavy (non-hydrogen) atoms. The maximum absolute atomic E-state index is 11.6. The van der Waals surface area contributed by atoms with Gasteiger partial charge in [-0.05, 0) is 31.8 Å². The molecule has 0 radical (unpaired) electrons. The predicted molar refractivity (Wildman–Crippen MR) is 58.0 cm³/mol. The molecule has 0 bridgehead atoms. The summed E-state index contributed by atoms with van der Waals surface area (Å²) in [4.78, 5) is 11.6. The monoisotopic (exact) mass is 224 g/mol. The fourth-order valence-electron chi connectivity index (χ4n) is 1.78. The molecule has 0 aromatic heterocycles. The number of amides is 1. The number of ether oxygens (including phenoxy) is 2. The smallest absolute Gasteiger partial charge is 0.290 e. The van der Waals surface area contributed by atoms with Crippen LogP contribution in [-0.4, -0.2) is 25.5 Å². The van der Waals surface area contributed by atoms with Crippen LogP contribution < -0.4 is 10.6 Å². The zero-order valence-corrected chi connectivity index (χ0v) is 9.07. The lowest BCUT2D eigenvalue weighted by molar-refractivity contribution is -0.120. The van der Waals surface area contributed by atoms with Crippen molar-refractivity contribution in [3.8, 4) is 0 Å². The van der Waals surface area contributed by atoms with E-state index in [1.165, 1.54) is 18.8 Å². The molecule has 0 spiro atoms. The topological polar surface area (TPSA) is 59.6 Å². The van der Waals surface area contributed by atoms with Gasteiger partial charge in [0.2, 0.25) is 5.76 Å². The lowest BCUT2D eigenvalue weighted by Crippen LogP contribution is -2.36. The van der Waals surface area contributed by atoms with Gasteiger partial charge in [-0.2, -0.15) is 0 Å². The first-order valence-corrected chi connectivity index (χ1v) is 5.52. The molecule has 1 fully saturated rings. The van der Waals surface area contributed by atoms with E-state index in [-0.39, 0.29) is 11.7 Å². The van der Waals surface area contributed by atoms with Gasteiger partial charge in [-0.15, -0.1) is 0 Å². The second kappa shape index (κ2) is 5.55. The normalized spacial score (nSPS) is 20.6. The summed E-state index contributed by atoms with van der Waals surface area (Å²) < 4.78 is 9.87. The van der Waals surface area contributed by atoms with Crippen LogP contribution in [0.4, 0.5) is 0 Å². The molecule has 0 unspecified atom stereocenters. The standard InChI is InChI=1S/C11H16N2O3/c14-11(10-8-15-5-6-16-10)13-7-9-1-3-12-4-2-9/h5-6,8-9,12H,1-4,7H2,(H,13,14). The van der Waals surface area contributed by atoms with Crippen molar-refractivity contribution in [1.29, 1.82) is 0 Å². The minimum atomic E-state index is -0.220. The first-order chi connectivity index (χ1) is 7.86. The van der Waals surface area contributed by atoms with Gasteiger partial charge in [0.25, 0.3) is 5.91 Å². The second-order valence-electron chi connectivity index (χ2n) is 3.91. The Labute approximate surface area is 94.5 Å². The average molecular weight is 224 g/mol. The summed E-state index contributed by atoms with van der Waals surface area (Å²) >= 11 is 0. The molecule has 2 heterocycles. The Kier molecular flexibility index (Phi) is 3.82. The Morgan fingerprint density at radius 1 is 1.44 bits per heavy atom. The highest BCUT2D eigenvalue weighted by atomic mass is 16.5. The molecule has 1 saturated heterocycles. The summed E-state index contributed by atoms with van der Waals surface area (Å²) in [6.07, 6.45) is 6.24. The summed E-state index contributed by atoms with van der Waals surface area (Å²) in [6, 6.07) is 0. The van der Waals surface area contributed by atoms with Gasteiger partial charge in [0.05, 0.1) is 0 Å². The van der Waals surface area contributed by atoms with E-state index < -0.39 is 0 Å². The lowest BCUT2D eigenvalue weighted by atomic mass is 9.98. The van der Waals surface area contributed by atoms with Gasteiger partial charge in [0, 0.05) is 6.54 Å². The Morgan fingerprint density at radius 2 is 2.25 bits per heavy atom. The van der Waals surface area contributed by atoms with E-state index >= 15 is 0 Å². The molecule has 88 valence electrons. The van der Waals surface area contributed by atoms with Crippen LogP contribution in [0.2, 0.25) is 0 Å². The van der Waals surface area contributed by atoms with Crippen molar-refractivity contribution >= 4 is 5.91 Å². The Hall–Kier alpha value is -1.49. The number of rotatable bonds is 3. The Bertz CT molecular complexity index is 306. The lowest BCUT2D eigenvalue weighted by Gasteiger charge is -2.22. The summed E-state index contributed by atoms with van der Waals surface area (Å²) in [6.45, 7) is 2.77. The Balaban J connectivity index is 1.72. The third kappa shape index (κ3) is 3.00. The van der Waals surface area contributed by atoms with E-state index in [2.05, 4.69) is 10.6 Å². The summed E-state index contributed by atoms with van der Waals surface area (Å²) in [5, 5.41) is 6.14. The minimum Gasteiger partial charge on any atom is -0.465 e. The van der Waals surface area contributed by atoms with Gasteiger partial charge >= 0.3 is 0 Å². The fourth-order valence-corrected chi connectivity index (χ4v) is 1.78. The molecule has 5 heteroatoms. The SMILES string of the molecule is O=C(NCC1CCNCC1)C1=COC=CO1. The van der Waals surface area contributed by atoms with Gasteiger partial charge < -0.3 is 20.1 Å². The zero-order chi connectivity index (χ0) is 11.2. The fraction of sp³-hybridized carbons (Fsp3) is 0.545. The molecule has 1 amide bonds. The van der Waals surface area contributed by atoms with Crippen molar-refractivity contribution in [2.24, 2.45) is 5.92 Å². The van der Waals surface area contributed by atoms with E-state index in [9.17, 15) is 4.79 Å². The summed E-state index contributed by atoms with van der Waals surface area (Å²) in [7, 11) is 0. The third-order valence-electron chi connectivity index (χ3n) is 2.74. The summed E-state index contributed by atoms with van der Waals surface area (Å²) in [5.41, 5.74) is 0. The van der Waals surface area contributed by atoms with Crippen molar-refractivity contribution in [3.05, 3.63) is 24.5 Å². The van der Waals surface area contributed by atoms with Crippen molar-refractivity contribution in [1.82, 2.24) is 10.6 Å².